The lowest BCUT2D eigenvalue weighted by Gasteiger charge is -2.25. The van der Waals surface area contributed by atoms with E-state index in [0.29, 0.717) is 12.2 Å². The Labute approximate surface area is 137 Å². The standard InChI is InChI=1S/C21H22O2/c1-14-12-17(8-10-19(14)22)21(16-6-4-3-5-7-16)18-9-11-20(23)15(2)13-18/h3-10,12-13,20-23H,11H2,1-2H3. The minimum absolute atomic E-state index is 0.109. The van der Waals surface area contributed by atoms with E-state index in [1.807, 2.05) is 44.2 Å². The molecule has 2 aromatic carbocycles. The quantitative estimate of drug-likeness (QED) is 0.878. The molecule has 2 nitrogen and oxygen atoms in total. The Kier molecular flexibility index (Phi) is 4.35. The second kappa shape index (κ2) is 6.43. The Morgan fingerprint density at radius 1 is 1.00 bits per heavy atom. The van der Waals surface area contributed by atoms with Gasteiger partial charge in [0, 0.05) is 5.92 Å². The summed E-state index contributed by atoms with van der Waals surface area (Å²) in [4.78, 5) is 0. The molecule has 2 atom stereocenters. The van der Waals surface area contributed by atoms with Crippen molar-refractivity contribution in [1.29, 1.82) is 0 Å². The van der Waals surface area contributed by atoms with Crippen LogP contribution in [0.4, 0.5) is 0 Å². The summed E-state index contributed by atoms with van der Waals surface area (Å²) in [5.41, 5.74) is 5.44. The van der Waals surface area contributed by atoms with E-state index in [0.717, 1.165) is 16.7 Å². The highest BCUT2D eigenvalue weighted by Crippen LogP contribution is 2.37. The highest BCUT2D eigenvalue weighted by molar-refractivity contribution is 5.49. The first-order valence-electron chi connectivity index (χ1n) is 7.97. The first-order chi connectivity index (χ1) is 11.1. The van der Waals surface area contributed by atoms with Gasteiger partial charge in [-0.3, -0.25) is 0 Å². The summed E-state index contributed by atoms with van der Waals surface area (Å²) < 4.78 is 0. The van der Waals surface area contributed by atoms with E-state index in [-0.39, 0.29) is 12.0 Å². The molecule has 23 heavy (non-hydrogen) atoms. The molecule has 1 aliphatic rings. The van der Waals surface area contributed by atoms with Crippen LogP contribution in [0.1, 0.15) is 36.0 Å². The number of allylic oxidation sites excluding steroid dienone is 2. The van der Waals surface area contributed by atoms with Crippen molar-refractivity contribution in [3.8, 4) is 5.75 Å². The number of aliphatic hydroxyl groups excluding tert-OH is 1. The molecule has 0 fully saturated rings. The number of hydrogen-bond acceptors (Lipinski definition) is 2. The molecule has 0 radical (unpaired) electrons. The number of hydrogen-bond donors (Lipinski definition) is 2. The van der Waals surface area contributed by atoms with Crippen LogP contribution in [0.3, 0.4) is 0 Å². The average molecular weight is 306 g/mol. The number of phenolic OH excluding ortho intramolecular Hbond substituents is 1. The topological polar surface area (TPSA) is 40.5 Å². The zero-order chi connectivity index (χ0) is 16.4. The summed E-state index contributed by atoms with van der Waals surface area (Å²) in [7, 11) is 0. The van der Waals surface area contributed by atoms with Crippen molar-refractivity contribution in [2.75, 3.05) is 0 Å². The van der Waals surface area contributed by atoms with E-state index >= 15 is 0 Å². The molecule has 0 saturated carbocycles. The summed E-state index contributed by atoms with van der Waals surface area (Å²) in [6.45, 7) is 3.89. The maximum atomic E-state index is 9.95. The van der Waals surface area contributed by atoms with E-state index in [2.05, 4.69) is 24.3 Å². The first kappa shape index (κ1) is 15.6. The average Bonchev–Trinajstić information content (AvgIpc) is 2.55. The minimum atomic E-state index is -0.378. The Hall–Kier alpha value is -2.32. The molecule has 118 valence electrons. The van der Waals surface area contributed by atoms with Crippen molar-refractivity contribution in [3.05, 3.63) is 88.5 Å². The smallest absolute Gasteiger partial charge is 0.118 e. The zero-order valence-corrected chi connectivity index (χ0v) is 13.5. The van der Waals surface area contributed by atoms with Crippen molar-refractivity contribution >= 4 is 0 Å². The maximum Gasteiger partial charge on any atom is 0.118 e. The van der Waals surface area contributed by atoms with Crippen LogP contribution in [0.25, 0.3) is 0 Å². The fourth-order valence-electron chi connectivity index (χ4n) is 3.13. The summed E-state index contributed by atoms with van der Waals surface area (Å²) in [5, 5.41) is 19.8. The van der Waals surface area contributed by atoms with E-state index in [9.17, 15) is 10.2 Å². The van der Waals surface area contributed by atoms with Gasteiger partial charge in [0.05, 0.1) is 6.10 Å². The van der Waals surface area contributed by atoms with Crippen molar-refractivity contribution in [2.45, 2.75) is 32.3 Å². The summed E-state index contributed by atoms with van der Waals surface area (Å²) in [6.07, 6.45) is 4.49. The molecule has 2 heteroatoms. The van der Waals surface area contributed by atoms with Gasteiger partial charge >= 0.3 is 0 Å². The SMILES string of the molecule is CC1=CC(C(c2ccccc2)c2ccc(O)c(C)c2)=CCC1O. The summed E-state index contributed by atoms with van der Waals surface area (Å²) in [6, 6.07) is 16.1. The van der Waals surface area contributed by atoms with Crippen molar-refractivity contribution in [2.24, 2.45) is 0 Å². The minimum Gasteiger partial charge on any atom is -0.508 e. The van der Waals surface area contributed by atoms with Gasteiger partial charge in [0.25, 0.3) is 0 Å². The summed E-state index contributed by atoms with van der Waals surface area (Å²) in [5.74, 6) is 0.429. The van der Waals surface area contributed by atoms with Gasteiger partial charge in [0.2, 0.25) is 0 Å². The molecule has 2 aromatic rings. The van der Waals surface area contributed by atoms with E-state index < -0.39 is 0 Å². The molecule has 0 saturated heterocycles. The fraction of sp³-hybridized carbons (Fsp3) is 0.238. The van der Waals surface area contributed by atoms with Gasteiger partial charge in [-0.05, 0) is 54.2 Å². The lowest BCUT2D eigenvalue weighted by Crippen LogP contribution is -2.14. The highest BCUT2D eigenvalue weighted by atomic mass is 16.3. The predicted molar refractivity (Wildman–Crippen MR) is 93.6 cm³/mol. The second-order valence-corrected chi connectivity index (χ2v) is 6.23. The number of rotatable bonds is 3. The number of phenols is 1. The van der Waals surface area contributed by atoms with Crippen LogP contribution in [0, 0.1) is 6.92 Å². The molecule has 0 aliphatic heterocycles. The largest absolute Gasteiger partial charge is 0.508 e. The molecule has 2 N–H and O–H groups in total. The van der Waals surface area contributed by atoms with E-state index in [1.54, 1.807) is 6.07 Å². The predicted octanol–water partition coefficient (Wildman–Crippen LogP) is 4.47. The summed E-state index contributed by atoms with van der Waals surface area (Å²) >= 11 is 0. The van der Waals surface area contributed by atoms with E-state index in [1.165, 1.54) is 11.1 Å². The third-order valence-electron chi connectivity index (χ3n) is 4.52. The molecule has 2 unspecified atom stereocenters. The maximum absolute atomic E-state index is 9.95. The fourth-order valence-corrected chi connectivity index (χ4v) is 3.13. The lowest BCUT2D eigenvalue weighted by molar-refractivity contribution is 0.212. The normalized spacial score (nSPS) is 19.0. The zero-order valence-electron chi connectivity index (χ0n) is 13.5. The van der Waals surface area contributed by atoms with Crippen LogP contribution >= 0.6 is 0 Å². The molecular formula is C21H22O2. The monoisotopic (exact) mass is 306 g/mol. The molecule has 0 amide bonds. The van der Waals surface area contributed by atoms with Gasteiger partial charge in [0.15, 0.2) is 0 Å². The van der Waals surface area contributed by atoms with Crippen molar-refractivity contribution in [3.63, 3.8) is 0 Å². The van der Waals surface area contributed by atoms with Crippen molar-refractivity contribution in [1.82, 2.24) is 0 Å². The van der Waals surface area contributed by atoms with Gasteiger partial charge in [0.1, 0.15) is 5.75 Å². The van der Waals surface area contributed by atoms with Gasteiger partial charge in [-0.1, -0.05) is 54.6 Å². The van der Waals surface area contributed by atoms with Gasteiger partial charge < -0.3 is 10.2 Å². The molecular weight excluding hydrogens is 284 g/mol. The van der Waals surface area contributed by atoms with Gasteiger partial charge in [-0.15, -0.1) is 0 Å². The lowest BCUT2D eigenvalue weighted by atomic mass is 9.80. The molecule has 1 aliphatic carbocycles. The van der Waals surface area contributed by atoms with Gasteiger partial charge in [-0.2, -0.15) is 0 Å². The Morgan fingerprint density at radius 2 is 1.74 bits per heavy atom. The first-order valence-corrected chi connectivity index (χ1v) is 7.97. The Bertz CT molecular complexity index is 757. The van der Waals surface area contributed by atoms with Crippen LogP contribution in [0.15, 0.2) is 71.8 Å². The third-order valence-corrected chi connectivity index (χ3v) is 4.52. The van der Waals surface area contributed by atoms with Crippen LogP contribution < -0.4 is 0 Å². The van der Waals surface area contributed by atoms with E-state index in [4.69, 9.17) is 0 Å². The molecule has 0 bridgehead atoms. The Morgan fingerprint density at radius 3 is 2.39 bits per heavy atom. The number of aromatic hydroxyl groups is 1. The van der Waals surface area contributed by atoms with Crippen LogP contribution in [-0.2, 0) is 0 Å². The molecule has 0 spiro atoms. The number of benzene rings is 2. The second-order valence-electron chi connectivity index (χ2n) is 6.23. The Balaban J connectivity index is 2.10. The van der Waals surface area contributed by atoms with Crippen LogP contribution in [-0.4, -0.2) is 16.3 Å². The molecule has 0 aromatic heterocycles. The number of aryl methyl sites for hydroxylation is 1. The highest BCUT2D eigenvalue weighted by Gasteiger charge is 2.22. The van der Waals surface area contributed by atoms with Gasteiger partial charge in [-0.25, -0.2) is 0 Å². The van der Waals surface area contributed by atoms with Crippen LogP contribution in [0.5, 0.6) is 5.75 Å². The van der Waals surface area contributed by atoms with Crippen LogP contribution in [0.2, 0.25) is 0 Å². The molecule has 3 rings (SSSR count). The number of aliphatic hydroxyl groups is 1. The molecule has 0 heterocycles. The van der Waals surface area contributed by atoms with Crippen molar-refractivity contribution < 1.29 is 10.2 Å². The third kappa shape index (κ3) is 3.22.